The first-order chi connectivity index (χ1) is 13.4. The SMILES string of the molecule is C[C@@H](Cc1nc(=O)n(-c2ccccc2Cl)c2cc(C(F)(F)F)ccc12)C(F)(F)F. The lowest BCUT2D eigenvalue weighted by Crippen LogP contribution is -2.27. The van der Waals surface area contributed by atoms with Crippen LogP contribution >= 0.6 is 11.6 Å². The molecular weight excluding hydrogens is 422 g/mol. The summed E-state index contributed by atoms with van der Waals surface area (Å²) in [5.74, 6) is -1.84. The van der Waals surface area contributed by atoms with E-state index in [9.17, 15) is 31.1 Å². The standard InChI is InChI=1S/C19H13ClF6N2O/c1-10(18(21,22)23)8-14-12-7-6-11(19(24,25)26)9-16(12)28(17(29)27-14)15-5-3-2-4-13(15)20/h2-7,9-10H,8H2,1H3/t10-/m0/s1. The molecule has 3 rings (SSSR count). The topological polar surface area (TPSA) is 34.9 Å². The van der Waals surface area contributed by atoms with Crippen LogP contribution in [-0.2, 0) is 12.6 Å². The van der Waals surface area contributed by atoms with Crippen LogP contribution in [0.15, 0.2) is 47.3 Å². The van der Waals surface area contributed by atoms with Gasteiger partial charge in [-0.2, -0.15) is 31.3 Å². The Morgan fingerprint density at radius 3 is 2.31 bits per heavy atom. The van der Waals surface area contributed by atoms with Crippen molar-refractivity contribution < 1.29 is 26.3 Å². The summed E-state index contributed by atoms with van der Waals surface area (Å²) in [4.78, 5) is 16.4. The summed E-state index contributed by atoms with van der Waals surface area (Å²) in [6.45, 7) is 0.914. The van der Waals surface area contributed by atoms with Crippen LogP contribution in [0.25, 0.3) is 16.6 Å². The van der Waals surface area contributed by atoms with Crippen molar-refractivity contribution in [3.63, 3.8) is 0 Å². The molecule has 0 aliphatic heterocycles. The fourth-order valence-electron chi connectivity index (χ4n) is 2.89. The predicted octanol–water partition coefficient (Wildman–Crippen LogP) is 5.80. The summed E-state index contributed by atoms with van der Waals surface area (Å²) >= 11 is 6.09. The Labute approximate surface area is 165 Å². The summed E-state index contributed by atoms with van der Waals surface area (Å²) in [6.07, 6.45) is -9.90. The Balaban J connectivity index is 2.34. The second-order valence-corrected chi connectivity index (χ2v) is 6.91. The van der Waals surface area contributed by atoms with Gasteiger partial charge < -0.3 is 0 Å². The molecule has 1 aromatic heterocycles. The van der Waals surface area contributed by atoms with Gasteiger partial charge in [-0.1, -0.05) is 36.7 Å². The van der Waals surface area contributed by atoms with E-state index in [0.717, 1.165) is 23.6 Å². The summed E-state index contributed by atoms with van der Waals surface area (Å²) in [6, 6.07) is 8.40. The number of rotatable bonds is 3. The van der Waals surface area contributed by atoms with Gasteiger partial charge in [0.05, 0.1) is 33.4 Å². The van der Waals surface area contributed by atoms with Gasteiger partial charge in [-0.15, -0.1) is 0 Å². The molecule has 10 heteroatoms. The average Bonchev–Trinajstić information content (AvgIpc) is 2.61. The fourth-order valence-corrected chi connectivity index (χ4v) is 3.11. The molecule has 0 radical (unpaired) electrons. The third kappa shape index (κ3) is 4.24. The molecular formula is C19H13ClF6N2O. The van der Waals surface area contributed by atoms with Gasteiger partial charge >= 0.3 is 18.0 Å². The maximum Gasteiger partial charge on any atom is 0.416 e. The lowest BCUT2D eigenvalue weighted by atomic mass is 10.0. The van der Waals surface area contributed by atoms with Crippen LogP contribution in [0.1, 0.15) is 18.2 Å². The minimum absolute atomic E-state index is 0.00798. The van der Waals surface area contributed by atoms with Crippen LogP contribution < -0.4 is 5.69 Å². The number of aromatic nitrogens is 2. The van der Waals surface area contributed by atoms with Crippen molar-refractivity contribution >= 4 is 22.5 Å². The molecule has 0 aliphatic carbocycles. The Morgan fingerprint density at radius 1 is 1.07 bits per heavy atom. The first-order valence-electron chi connectivity index (χ1n) is 8.34. The highest BCUT2D eigenvalue weighted by atomic mass is 35.5. The van der Waals surface area contributed by atoms with E-state index in [0.29, 0.717) is 6.07 Å². The van der Waals surface area contributed by atoms with E-state index in [1.807, 2.05) is 0 Å². The van der Waals surface area contributed by atoms with E-state index in [-0.39, 0.29) is 27.3 Å². The molecule has 0 fully saturated rings. The van der Waals surface area contributed by atoms with Gasteiger partial charge in [-0.05, 0) is 24.3 Å². The van der Waals surface area contributed by atoms with Crippen LogP contribution in [0, 0.1) is 5.92 Å². The molecule has 1 atom stereocenters. The maximum atomic E-state index is 13.2. The van der Waals surface area contributed by atoms with Crippen molar-refractivity contribution in [3.8, 4) is 5.69 Å². The highest BCUT2D eigenvalue weighted by Crippen LogP contribution is 2.34. The lowest BCUT2D eigenvalue weighted by molar-refractivity contribution is -0.169. The molecule has 1 heterocycles. The van der Waals surface area contributed by atoms with Gasteiger partial charge in [0.25, 0.3) is 0 Å². The minimum Gasteiger partial charge on any atom is -0.259 e. The molecule has 2 aromatic carbocycles. The monoisotopic (exact) mass is 434 g/mol. The van der Waals surface area contributed by atoms with E-state index in [4.69, 9.17) is 11.6 Å². The summed E-state index contributed by atoms with van der Waals surface area (Å²) in [5, 5.41) is 0.0835. The maximum absolute atomic E-state index is 13.2. The van der Waals surface area contributed by atoms with E-state index in [1.54, 1.807) is 6.07 Å². The van der Waals surface area contributed by atoms with Gasteiger partial charge in [-0.3, -0.25) is 4.57 Å². The number of fused-ring (bicyclic) bond motifs is 1. The fraction of sp³-hybridized carbons (Fsp3) is 0.263. The number of alkyl halides is 6. The highest BCUT2D eigenvalue weighted by Gasteiger charge is 2.37. The van der Waals surface area contributed by atoms with Crippen LogP contribution in [0.3, 0.4) is 0 Å². The van der Waals surface area contributed by atoms with Gasteiger partial charge in [0, 0.05) is 11.8 Å². The van der Waals surface area contributed by atoms with Crippen molar-refractivity contribution in [2.24, 2.45) is 5.92 Å². The third-order valence-corrected chi connectivity index (χ3v) is 4.77. The molecule has 0 saturated carbocycles. The zero-order valence-electron chi connectivity index (χ0n) is 14.8. The molecule has 3 aromatic rings. The molecule has 0 saturated heterocycles. The quantitative estimate of drug-likeness (QED) is 0.488. The summed E-state index contributed by atoms with van der Waals surface area (Å²) < 4.78 is 79.5. The van der Waals surface area contributed by atoms with E-state index >= 15 is 0 Å². The van der Waals surface area contributed by atoms with E-state index < -0.39 is 35.9 Å². The van der Waals surface area contributed by atoms with Gasteiger partial charge in [-0.25, -0.2) is 4.79 Å². The first-order valence-corrected chi connectivity index (χ1v) is 8.72. The highest BCUT2D eigenvalue weighted by molar-refractivity contribution is 6.32. The number of halogens is 7. The predicted molar refractivity (Wildman–Crippen MR) is 96.3 cm³/mol. The molecule has 0 N–H and O–H groups in total. The van der Waals surface area contributed by atoms with Crippen molar-refractivity contribution in [3.05, 3.63) is 69.2 Å². The van der Waals surface area contributed by atoms with Crippen LogP contribution in [-0.4, -0.2) is 15.7 Å². The third-order valence-electron chi connectivity index (χ3n) is 4.45. The molecule has 0 aliphatic rings. The van der Waals surface area contributed by atoms with Crippen LogP contribution in [0.5, 0.6) is 0 Å². The first kappa shape index (κ1) is 21.2. The Kier molecular flexibility index (Phi) is 5.38. The smallest absolute Gasteiger partial charge is 0.259 e. The van der Waals surface area contributed by atoms with Crippen molar-refractivity contribution in [1.29, 1.82) is 0 Å². The zero-order valence-corrected chi connectivity index (χ0v) is 15.5. The van der Waals surface area contributed by atoms with Crippen LogP contribution in [0.4, 0.5) is 26.3 Å². The average molecular weight is 435 g/mol. The van der Waals surface area contributed by atoms with Gasteiger partial charge in [0.2, 0.25) is 0 Å². The van der Waals surface area contributed by atoms with Crippen molar-refractivity contribution in [2.75, 3.05) is 0 Å². The Hall–Kier alpha value is -2.55. The van der Waals surface area contributed by atoms with E-state index in [2.05, 4.69) is 4.98 Å². The number of nitrogens with zero attached hydrogens (tertiary/aromatic N) is 2. The van der Waals surface area contributed by atoms with Gasteiger partial charge in [0.15, 0.2) is 0 Å². The second-order valence-electron chi connectivity index (χ2n) is 6.50. The van der Waals surface area contributed by atoms with Crippen molar-refractivity contribution in [2.45, 2.75) is 25.7 Å². The Bertz CT molecular complexity index is 1120. The van der Waals surface area contributed by atoms with E-state index in [1.165, 1.54) is 18.2 Å². The molecule has 0 amide bonds. The van der Waals surface area contributed by atoms with Crippen LogP contribution in [0.2, 0.25) is 5.02 Å². The lowest BCUT2D eigenvalue weighted by Gasteiger charge is -2.18. The number of benzene rings is 2. The molecule has 154 valence electrons. The molecule has 29 heavy (non-hydrogen) atoms. The Morgan fingerprint density at radius 2 is 1.72 bits per heavy atom. The number of hydrogen-bond acceptors (Lipinski definition) is 2. The van der Waals surface area contributed by atoms with Gasteiger partial charge in [0.1, 0.15) is 0 Å². The van der Waals surface area contributed by atoms with Crippen molar-refractivity contribution in [1.82, 2.24) is 9.55 Å². The molecule has 0 bridgehead atoms. The number of para-hydroxylation sites is 1. The number of hydrogen-bond donors (Lipinski definition) is 0. The molecule has 0 unspecified atom stereocenters. The summed E-state index contributed by atoms with van der Waals surface area (Å²) in [5.41, 5.74) is -2.45. The molecule has 0 spiro atoms. The second kappa shape index (κ2) is 7.37. The minimum atomic E-state index is -4.71. The largest absolute Gasteiger partial charge is 0.416 e. The molecule has 3 nitrogen and oxygen atoms in total. The summed E-state index contributed by atoms with van der Waals surface area (Å²) in [7, 11) is 0. The zero-order chi connectivity index (χ0) is 21.6. The normalized spacial score (nSPS) is 13.7.